The fourth-order valence-corrected chi connectivity index (χ4v) is 3.99. The Labute approximate surface area is 130 Å². The highest BCUT2D eigenvalue weighted by Gasteiger charge is 2.43. The predicted molar refractivity (Wildman–Crippen MR) is 86.0 cm³/mol. The van der Waals surface area contributed by atoms with E-state index in [-0.39, 0.29) is 11.6 Å². The third kappa shape index (κ3) is 5.63. The van der Waals surface area contributed by atoms with E-state index in [4.69, 9.17) is 12.8 Å². The quantitative estimate of drug-likeness (QED) is 0.524. The van der Waals surface area contributed by atoms with Gasteiger partial charge in [-0.2, -0.15) is 8.42 Å². The Balaban J connectivity index is 2.62. The summed E-state index contributed by atoms with van der Waals surface area (Å²) in [6.07, 6.45) is 2.86. The maximum Gasteiger partial charge on any atom is 0.400 e. The Morgan fingerprint density at radius 1 is 1.10 bits per heavy atom. The van der Waals surface area contributed by atoms with Crippen molar-refractivity contribution in [1.82, 2.24) is 0 Å². The van der Waals surface area contributed by atoms with Gasteiger partial charge in [-0.3, -0.25) is 0 Å². The molecule has 1 aliphatic heterocycles. The summed E-state index contributed by atoms with van der Waals surface area (Å²) in [6, 6.07) is 0. The second kappa shape index (κ2) is 7.08. The molecule has 0 aromatic carbocycles. The highest BCUT2D eigenvalue weighted by atomic mass is 32.3. The van der Waals surface area contributed by atoms with Crippen LogP contribution in [0.15, 0.2) is 0 Å². The van der Waals surface area contributed by atoms with Gasteiger partial charge in [-0.1, -0.05) is 47.0 Å². The second-order valence-corrected chi connectivity index (χ2v) is 13.3. The Morgan fingerprint density at radius 3 is 2.19 bits per heavy atom. The van der Waals surface area contributed by atoms with Crippen LogP contribution in [0, 0.1) is 0 Å². The van der Waals surface area contributed by atoms with Crippen molar-refractivity contribution in [2.24, 2.45) is 0 Å². The summed E-state index contributed by atoms with van der Waals surface area (Å²) in [5.74, 6) is 0. The normalized spacial score (nSPS) is 26.2. The molecule has 0 saturated carbocycles. The molecule has 0 spiro atoms. The van der Waals surface area contributed by atoms with Crippen molar-refractivity contribution in [2.75, 3.05) is 6.61 Å². The molecule has 0 aromatic rings. The molecule has 21 heavy (non-hydrogen) atoms. The van der Waals surface area contributed by atoms with Crippen molar-refractivity contribution in [3.05, 3.63) is 0 Å². The highest BCUT2D eigenvalue weighted by Crippen LogP contribution is 2.37. The summed E-state index contributed by atoms with van der Waals surface area (Å²) in [5, 5.41) is 0.0864. The lowest BCUT2D eigenvalue weighted by atomic mass is 10.1. The van der Waals surface area contributed by atoms with Crippen LogP contribution in [-0.2, 0) is 23.2 Å². The maximum atomic E-state index is 11.5. The van der Waals surface area contributed by atoms with Crippen molar-refractivity contribution < 1.29 is 21.2 Å². The molecule has 1 fully saturated rings. The molecule has 126 valence electrons. The van der Waals surface area contributed by atoms with Gasteiger partial charge in [0.15, 0.2) is 8.32 Å². The third-order valence-corrected chi connectivity index (χ3v) is 9.87. The topological polar surface area (TPSA) is 61.8 Å². The number of unbranched alkanes of at least 4 members (excludes halogenated alkanes) is 2. The Kier molecular flexibility index (Phi) is 6.44. The minimum atomic E-state index is -3.85. The first-order valence-corrected chi connectivity index (χ1v) is 12.0. The fourth-order valence-electron chi connectivity index (χ4n) is 1.92. The zero-order valence-corrected chi connectivity index (χ0v) is 16.0. The predicted octanol–water partition coefficient (Wildman–Crippen LogP) is 3.62. The summed E-state index contributed by atoms with van der Waals surface area (Å²) in [7, 11) is -5.77. The second-order valence-electron chi connectivity index (χ2n) is 7.24. The van der Waals surface area contributed by atoms with Crippen LogP contribution in [0.4, 0.5) is 0 Å². The van der Waals surface area contributed by atoms with Gasteiger partial charge in [0, 0.05) is 0 Å². The molecule has 0 bridgehead atoms. The molecule has 5 nitrogen and oxygen atoms in total. The maximum absolute atomic E-state index is 11.5. The van der Waals surface area contributed by atoms with Crippen molar-refractivity contribution in [2.45, 2.75) is 83.7 Å². The van der Waals surface area contributed by atoms with Crippen LogP contribution >= 0.6 is 0 Å². The standard InChI is InChI=1S/C14H30O5SSi/c1-7-8-9-10-12-13(19-20(15,16)18-12)11-17-21(5,6)14(2,3)4/h12-13H,7-11H2,1-6H3/t12-,13-/m1/s1. The van der Waals surface area contributed by atoms with Gasteiger partial charge in [0.1, 0.15) is 12.2 Å². The van der Waals surface area contributed by atoms with Crippen LogP contribution in [-0.4, -0.2) is 35.6 Å². The summed E-state index contributed by atoms with van der Waals surface area (Å²) < 4.78 is 39.2. The number of hydrogen-bond acceptors (Lipinski definition) is 5. The molecule has 1 rings (SSSR count). The Hall–Kier alpha value is 0.0469. The summed E-state index contributed by atoms with van der Waals surface area (Å²) in [6.45, 7) is 13.1. The van der Waals surface area contributed by atoms with Gasteiger partial charge in [0.05, 0.1) is 6.61 Å². The average Bonchev–Trinajstić information content (AvgIpc) is 2.60. The van der Waals surface area contributed by atoms with Crippen LogP contribution in [0.2, 0.25) is 18.1 Å². The minimum absolute atomic E-state index is 0.0864. The van der Waals surface area contributed by atoms with Gasteiger partial charge in [0.2, 0.25) is 0 Å². The molecule has 0 amide bonds. The van der Waals surface area contributed by atoms with E-state index in [2.05, 4.69) is 40.8 Å². The molecule has 0 aromatic heterocycles. The summed E-state index contributed by atoms with van der Waals surface area (Å²) >= 11 is 0. The van der Waals surface area contributed by atoms with E-state index < -0.39 is 30.9 Å². The molecule has 0 aliphatic carbocycles. The van der Waals surface area contributed by atoms with Crippen molar-refractivity contribution in [3.63, 3.8) is 0 Å². The zero-order valence-electron chi connectivity index (χ0n) is 14.1. The number of rotatable bonds is 7. The summed E-state index contributed by atoms with van der Waals surface area (Å²) in [5.41, 5.74) is 0. The molecule has 1 aliphatic rings. The first kappa shape index (κ1) is 19.1. The molecule has 0 unspecified atom stereocenters. The van der Waals surface area contributed by atoms with Gasteiger partial charge >= 0.3 is 10.4 Å². The fraction of sp³-hybridized carbons (Fsp3) is 1.00. The van der Waals surface area contributed by atoms with Gasteiger partial charge in [-0.25, -0.2) is 8.37 Å². The molecular formula is C14H30O5SSi. The van der Waals surface area contributed by atoms with Gasteiger partial charge < -0.3 is 4.43 Å². The number of hydrogen-bond donors (Lipinski definition) is 0. The molecule has 2 atom stereocenters. The van der Waals surface area contributed by atoms with Crippen LogP contribution in [0.1, 0.15) is 53.4 Å². The van der Waals surface area contributed by atoms with Gasteiger partial charge in [-0.05, 0) is 24.6 Å². The van der Waals surface area contributed by atoms with E-state index in [0.29, 0.717) is 6.42 Å². The van der Waals surface area contributed by atoms with E-state index in [0.717, 1.165) is 19.3 Å². The van der Waals surface area contributed by atoms with E-state index in [1.54, 1.807) is 0 Å². The first-order chi connectivity index (χ1) is 9.48. The van der Waals surface area contributed by atoms with Crippen molar-refractivity contribution in [1.29, 1.82) is 0 Å². The lowest BCUT2D eigenvalue weighted by molar-refractivity contribution is 0.0873. The molecule has 0 radical (unpaired) electrons. The van der Waals surface area contributed by atoms with Crippen LogP contribution in [0.25, 0.3) is 0 Å². The van der Waals surface area contributed by atoms with Crippen LogP contribution < -0.4 is 0 Å². The van der Waals surface area contributed by atoms with Crippen LogP contribution in [0.3, 0.4) is 0 Å². The third-order valence-electron chi connectivity index (χ3n) is 4.40. The molecule has 0 N–H and O–H groups in total. The SMILES string of the molecule is CCCCC[C@H]1OS(=O)(=O)O[C@@H]1CO[Si](C)(C)C(C)(C)C. The van der Waals surface area contributed by atoms with Crippen molar-refractivity contribution in [3.8, 4) is 0 Å². The minimum Gasteiger partial charge on any atom is -0.414 e. The smallest absolute Gasteiger partial charge is 0.400 e. The van der Waals surface area contributed by atoms with Gasteiger partial charge in [-0.15, -0.1) is 0 Å². The first-order valence-electron chi connectivity index (χ1n) is 7.74. The zero-order chi connectivity index (χ0) is 16.3. The monoisotopic (exact) mass is 338 g/mol. The van der Waals surface area contributed by atoms with Crippen LogP contribution in [0.5, 0.6) is 0 Å². The highest BCUT2D eigenvalue weighted by molar-refractivity contribution is 7.82. The molecule has 1 heterocycles. The van der Waals surface area contributed by atoms with Crippen molar-refractivity contribution >= 4 is 18.7 Å². The van der Waals surface area contributed by atoms with E-state index in [1.165, 1.54) is 0 Å². The Bertz CT molecular complexity index is 427. The van der Waals surface area contributed by atoms with E-state index in [1.807, 2.05) is 0 Å². The van der Waals surface area contributed by atoms with E-state index >= 15 is 0 Å². The lowest BCUT2D eigenvalue weighted by Crippen LogP contribution is -2.44. The lowest BCUT2D eigenvalue weighted by Gasteiger charge is -2.36. The summed E-state index contributed by atoms with van der Waals surface area (Å²) in [4.78, 5) is 0. The van der Waals surface area contributed by atoms with Gasteiger partial charge in [0.25, 0.3) is 0 Å². The molecule has 7 heteroatoms. The Morgan fingerprint density at radius 2 is 1.67 bits per heavy atom. The molecule has 1 saturated heterocycles. The largest absolute Gasteiger partial charge is 0.414 e. The van der Waals surface area contributed by atoms with E-state index in [9.17, 15) is 8.42 Å². The molecular weight excluding hydrogens is 308 g/mol. The average molecular weight is 339 g/mol.